The lowest BCUT2D eigenvalue weighted by Crippen LogP contribution is -2.24. The van der Waals surface area contributed by atoms with Crippen LogP contribution < -0.4 is 5.32 Å². The topological polar surface area (TPSA) is 87.5 Å². The second kappa shape index (κ2) is 6.42. The third-order valence-corrected chi connectivity index (χ3v) is 2.58. The Bertz CT molecular complexity index is 626. The molecule has 0 radical (unpaired) electrons. The molecule has 0 aliphatic rings. The van der Waals surface area contributed by atoms with Crippen molar-refractivity contribution < 1.29 is 10.0 Å². The first-order valence-corrected chi connectivity index (χ1v) is 6.04. The Morgan fingerprint density at radius 3 is 2.80 bits per heavy atom. The maximum absolute atomic E-state index is 12.0. The molecule has 6 nitrogen and oxygen atoms in total. The molecular formula is C14H14N4O2. The number of hydrogen-bond acceptors (Lipinski definition) is 5. The number of hydrogen-bond donors (Lipinski definition) is 2. The van der Waals surface area contributed by atoms with Crippen molar-refractivity contribution in [2.75, 3.05) is 0 Å². The summed E-state index contributed by atoms with van der Waals surface area (Å²) in [7, 11) is 0. The minimum atomic E-state index is -0.299. The van der Waals surface area contributed by atoms with Gasteiger partial charge < -0.3 is 10.5 Å². The zero-order valence-electron chi connectivity index (χ0n) is 10.9. The fourth-order valence-corrected chi connectivity index (χ4v) is 1.70. The minimum absolute atomic E-state index is 0.239. The molecule has 0 atom stereocenters. The Hall–Kier alpha value is -2.76. The van der Waals surface area contributed by atoms with E-state index in [1.165, 1.54) is 6.07 Å². The van der Waals surface area contributed by atoms with Crippen LogP contribution in [0.25, 0.3) is 0 Å². The molecule has 0 unspecified atom stereocenters. The zero-order chi connectivity index (χ0) is 14.4. The van der Waals surface area contributed by atoms with Crippen molar-refractivity contribution in [1.29, 1.82) is 0 Å². The maximum atomic E-state index is 12.0. The first kappa shape index (κ1) is 13.7. The van der Waals surface area contributed by atoms with Gasteiger partial charge in [0.2, 0.25) is 0 Å². The summed E-state index contributed by atoms with van der Waals surface area (Å²) in [6, 6.07) is 11.1. The van der Waals surface area contributed by atoms with Gasteiger partial charge >= 0.3 is 0 Å². The number of carbonyl (C=O) groups excluding carboxylic acids is 1. The van der Waals surface area contributed by atoms with Gasteiger partial charge in [0.15, 0.2) is 0 Å². The highest BCUT2D eigenvalue weighted by atomic mass is 16.4. The molecule has 1 amide bonds. The maximum Gasteiger partial charge on any atom is 0.270 e. The molecule has 0 saturated heterocycles. The number of benzene rings is 1. The summed E-state index contributed by atoms with van der Waals surface area (Å²) in [4.78, 5) is 20.1. The van der Waals surface area contributed by atoms with Gasteiger partial charge in [-0.05, 0) is 18.6 Å². The normalized spacial score (nSPS) is 10.7. The highest BCUT2D eigenvalue weighted by Gasteiger charge is 2.09. The standard InChI is InChI=1S/C14H14N4O2/c1-10-17-12(9-16-20)7-13(18-10)14(19)15-8-11-5-3-2-4-6-11/h2-7,9,20H,8H2,1H3,(H,15,19)/b16-9+. The lowest BCUT2D eigenvalue weighted by molar-refractivity contribution is 0.0945. The van der Waals surface area contributed by atoms with E-state index in [-0.39, 0.29) is 11.6 Å². The number of amides is 1. The smallest absolute Gasteiger partial charge is 0.270 e. The van der Waals surface area contributed by atoms with Crippen molar-refractivity contribution in [1.82, 2.24) is 15.3 Å². The molecule has 0 spiro atoms. The van der Waals surface area contributed by atoms with Crippen LogP contribution in [0.2, 0.25) is 0 Å². The number of aromatic nitrogens is 2. The SMILES string of the molecule is Cc1nc(/C=N/O)cc(C(=O)NCc2ccccc2)n1. The summed E-state index contributed by atoms with van der Waals surface area (Å²) < 4.78 is 0. The van der Waals surface area contributed by atoms with E-state index in [1.807, 2.05) is 30.3 Å². The summed E-state index contributed by atoms with van der Waals surface area (Å²) in [5.41, 5.74) is 1.62. The molecule has 0 fully saturated rings. The van der Waals surface area contributed by atoms with E-state index in [9.17, 15) is 4.79 Å². The molecule has 1 heterocycles. The van der Waals surface area contributed by atoms with Crippen LogP contribution in [0, 0.1) is 6.92 Å². The van der Waals surface area contributed by atoms with Gasteiger partial charge in [-0.2, -0.15) is 0 Å². The fourth-order valence-electron chi connectivity index (χ4n) is 1.70. The molecule has 0 aliphatic heterocycles. The molecule has 1 aromatic heterocycles. The van der Waals surface area contributed by atoms with Crippen LogP contribution in [0.15, 0.2) is 41.6 Å². The van der Waals surface area contributed by atoms with Crippen LogP contribution in [0.4, 0.5) is 0 Å². The van der Waals surface area contributed by atoms with Crippen LogP contribution in [0.3, 0.4) is 0 Å². The second-order valence-corrected chi connectivity index (χ2v) is 4.14. The van der Waals surface area contributed by atoms with Crippen molar-refractivity contribution in [3.63, 3.8) is 0 Å². The summed E-state index contributed by atoms with van der Waals surface area (Å²) in [5.74, 6) is 0.138. The molecule has 102 valence electrons. The van der Waals surface area contributed by atoms with Gasteiger partial charge in [-0.15, -0.1) is 0 Å². The number of nitrogens with one attached hydrogen (secondary N) is 1. The molecule has 2 N–H and O–H groups in total. The van der Waals surface area contributed by atoms with Crippen molar-refractivity contribution in [2.24, 2.45) is 5.16 Å². The summed E-state index contributed by atoms with van der Waals surface area (Å²) >= 11 is 0. The van der Waals surface area contributed by atoms with Gasteiger partial charge in [0.05, 0.1) is 11.9 Å². The molecule has 20 heavy (non-hydrogen) atoms. The van der Waals surface area contributed by atoms with E-state index in [4.69, 9.17) is 5.21 Å². The molecule has 6 heteroatoms. The van der Waals surface area contributed by atoms with E-state index >= 15 is 0 Å². The fraction of sp³-hybridized carbons (Fsp3) is 0.143. The first-order valence-electron chi connectivity index (χ1n) is 6.04. The Kier molecular flexibility index (Phi) is 4.39. The van der Waals surface area contributed by atoms with Crippen molar-refractivity contribution in [3.05, 3.63) is 59.2 Å². The summed E-state index contributed by atoms with van der Waals surface area (Å²) in [6.07, 6.45) is 1.16. The third-order valence-electron chi connectivity index (χ3n) is 2.58. The lowest BCUT2D eigenvalue weighted by atomic mass is 10.2. The molecule has 2 rings (SSSR count). The van der Waals surface area contributed by atoms with E-state index in [0.29, 0.717) is 18.1 Å². The average molecular weight is 270 g/mol. The third kappa shape index (κ3) is 3.61. The quantitative estimate of drug-likeness (QED) is 0.501. The molecule has 2 aromatic rings. The molecule has 0 aliphatic carbocycles. The van der Waals surface area contributed by atoms with Gasteiger partial charge in [-0.3, -0.25) is 4.79 Å². The van der Waals surface area contributed by atoms with Gasteiger partial charge in [-0.25, -0.2) is 9.97 Å². The van der Waals surface area contributed by atoms with Gasteiger partial charge in [0, 0.05) is 6.54 Å². The van der Waals surface area contributed by atoms with Gasteiger partial charge in [-0.1, -0.05) is 35.5 Å². The van der Waals surface area contributed by atoms with Crippen molar-refractivity contribution in [3.8, 4) is 0 Å². The molecule has 0 saturated carbocycles. The predicted molar refractivity (Wildman–Crippen MR) is 73.8 cm³/mol. The Labute approximate surface area is 116 Å². The average Bonchev–Trinajstić information content (AvgIpc) is 2.45. The Morgan fingerprint density at radius 2 is 2.10 bits per heavy atom. The van der Waals surface area contributed by atoms with Crippen LogP contribution in [0.5, 0.6) is 0 Å². The monoisotopic (exact) mass is 270 g/mol. The lowest BCUT2D eigenvalue weighted by Gasteiger charge is -2.06. The molecule has 0 bridgehead atoms. The number of rotatable bonds is 4. The van der Waals surface area contributed by atoms with E-state index in [1.54, 1.807) is 6.92 Å². The van der Waals surface area contributed by atoms with E-state index < -0.39 is 0 Å². The zero-order valence-corrected chi connectivity index (χ0v) is 10.9. The molecular weight excluding hydrogens is 256 g/mol. The number of aryl methyl sites for hydroxylation is 1. The number of carbonyl (C=O) groups is 1. The van der Waals surface area contributed by atoms with Crippen molar-refractivity contribution in [2.45, 2.75) is 13.5 Å². The Balaban J connectivity index is 2.09. The van der Waals surface area contributed by atoms with Crippen molar-refractivity contribution >= 4 is 12.1 Å². The van der Waals surface area contributed by atoms with Gasteiger partial charge in [0.25, 0.3) is 5.91 Å². The summed E-state index contributed by atoms with van der Waals surface area (Å²) in [6.45, 7) is 2.09. The number of oxime groups is 1. The Morgan fingerprint density at radius 1 is 1.35 bits per heavy atom. The highest BCUT2D eigenvalue weighted by Crippen LogP contribution is 2.02. The predicted octanol–water partition coefficient (Wildman–Crippen LogP) is 1.52. The van der Waals surface area contributed by atoms with Crippen LogP contribution in [-0.4, -0.2) is 27.3 Å². The van der Waals surface area contributed by atoms with Crippen LogP contribution in [-0.2, 0) is 6.54 Å². The number of nitrogens with zero attached hydrogens (tertiary/aromatic N) is 3. The minimum Gasteiger partial charge on any atom is -0.411 e. The van der Waals surface area contributed by atoms with Gasteiger partial charge in [0.1, 0.15) is 11.5 Å². The molecule has 1 aromatic carbocycles. The largest absolute Gasteiger partial charge is 0.411 e. The first-order chi connectivity index (χ1) is 9.69. The highest BCUT2D eigenvalue weighted by molar-refractivity contribution is 5.93. The second-order valence-electron chi connectivity index (χ2n) is 4.14. The van der Waals surface area contributed by atoms with Crippen LogP contribution >= 0.6 is 0 Å². The van der Waals surface area contributed by atoms with E-state index in [0.717, 1.165) is 11.8 Å². The van der Waals surface area contributed by atoms with Crippen LogP contribution in [0.1, 0.15) is 27.6 Å². The summed E-state index contributed by atoms with van der Waals surface area (Å²) in [5, 5.41) is 14.2. The van der Waals surface area contributed by atoms with E-state index in [2.05, 4.69) is 20.4 Å².